The van der Waals surface area contributed by atoms with Gasteiger partial charge in [-0.3, -0.25) is 14.2 Å². The molecule has 136 valence electrons. The molecule has 7 heteroatoms. The number of rotatable bonds is 5. The maximum Gasteiger partial charge on any atom is 0.303 e. The molecule has 0 saturated heterocycles. The first-order valence-corrected chi connectivity index (χ1v) is 9.48. The molecular weight excluding hydrogens is 372 g/mol. The van der Waals surface area contributed by atoms with Gasteiger partial charge in [0.05, 0.1) is 5.39 Å². The Hall–Kier alpha value is -2.18. The summed E-state index contributed by atoms with van der Waals surface area (Å²) in [5.74, 6) is -0.263. The minimum Gasteiger partial charge on any atom is -0.481 e. The third kappa shape index (κ3) is 3.39. The SMILES string of the molecule is Cc1cc(-c2c(C)sc3nc(C)n(CCCC(=O)O)c(=O)c23)ccc1Cl. The molecule has 0 saturated carbocycles. The first-order valence-electron chi connectivity index (χ1n) is 8.28. The lowest BCUT2D eigenvalue weighted by molar-refractivity contribution is -0.137. The summed E-state index contributed by atoms with van der Waals surface area (Å²) in [4.78, 5) is 30.2. The van der Waals surface area contributed by atoms with E-state index in [4.69, 9.17) is 16.7 Å². The summed E-state index contributed by atoms with van der Waals surface area (Å²) in [5, 5.41) is 10.1. The topological polar surface area (TPSA) is 72.2 Å². The highest BCUT2D eigenvalue weighted by atomic mass is 35.5. The molecule has 0 spiro atoms. The maximum absolute atomic E-state index is 13.1. The van der Waals surface area contributed by atoms with Gasteiger partial charge in [0.25, 0.3) is 5.56 Å². The molecular formula is C19H19ClN2O3S. The van der Waals surface area contributed by atoms with Crippen molar-refractivity contribution in [1.29, 1.82) is 0 Å². The molecule has 0 unspecified atom stereocenters. The third-order valence-corrected chi connectivity index (χ3v) is 5.82. The number of thiophene rings is 1. The standard InChI is InChI=1S/C19H19ClN2O3S/c1-10-9-13(6-7-14(10)20)16-11(2)26-18-17(16)19(25)22(12(3)21-18)8-4-5-15(23)24/h6-7,9H,4-5,8H2,1-3H3,(H,23,24). The molecule has 0 amide bonds. The number of carboxylic acid groups (broad SMARTS) is 1. The molecule has 5 nitrogen and oxygen atoms in total. The fourth-order valence-corrected chi connectivity index (χ4v) is 4.29. The van der Waals surface area contributed by atoms with Crippen LogP contribution >= 0.6 is 22.9 Å². The summed E-state index contributed by atoms with van der Waals surface area (Å²) in [6, 6.07) is 5.73. The lowest BCUT2D eigenvalue weighted by atomic mass is 10.0. The van der Waals surface area contributed by atoms with Crippen LogP contribution in [0.5, 0.6) is 0 Å². The molecule has 0 atom stereocenters. The van der Waals surface area contributed by atoms with Gasteiger partial charge in [0.1, 0.15) is 10.7 Å². The van der Waals surface area contributed by atoms with E-state index in [1.54, 1.807) is 11.5 Å². The van der Waals surface area contributed by atoms with Crippen LogP contribution in [0.1, 0.15) is 29.1 Å². The van der Waals surface area contributed by atoms with Crippen LogP contribution in [-0.4, -0.2) is 20.6 Å². The van der Waals surface area contributed by atoms with Gasteiger partial charge in [-0.25, -0.2) is 4.98 Å². The summed E-state index contributed by atoms with van der Waals surface area (Å²) in [6.45, 7) is 6.04. The Labute approximate surface area is 159 Å². The van der Waals surface area contributed by atoms with Crippen LogP contribution in [0, 0.1) is 20.8 Å². The quantitative estimate of drug-likeness (QED) is 0.692. The zero-order valence-electron chi connectivity index (χ0n) is 14.8. The van der Waals surface area contributed by atoms with E-state index < -0.39 is 5.97 Å². The van der Waals surface area contributed by atoms with Crippen molar-refractivity contribution in [2.75, 3.05) is 0 Å². The van der Waals surface area contributed by atoms with Crippen molar-refractivity contribution in [2.45, 2.75) is 40.2 Å². The number of nitrogens with zero attached hydrogens (tertiary/aromatic N) is 2. The van der Waals surface area contributed by atoms with Gasteiger partial charge in [-0.1, -0.05) is 17.7 Å². The van der Waals surface area contributed by atoms with E-state index in [9.17, 15) is 9.59 Å². The number of benzene rings is 1. The molecule has 1 aromatic carbocycles. The molecule has 0 aliphatic heterocycles. The normalized spacial score (nSPS) is 11.2. The van der Waals surface area contributed by atoms with E-state index in [2.05, 4.69) is 4.98 Å². The minimum atomic E-state index is -0.867. The number of halogens is 1. The second-order valence-electron chi connectivity index (χ2n) is 6.29. The van der Waals surface area contributed by atoms with Crippen LogP contribution in [0.3, 0.4) is 0 Å². The van der Waals surface area contributed by atoms with Crippen molar-refractivity contribution in [1.82, 2.24) is 9.55 Å². The number of aryl methyl sites for hydroxylation is 3. The van der Waals surface area contributed by atoms with Gasteiger partial charge < -0.3 is 5.11 Å². The van der Waals surface area contributed by atoms with E-state index in [1.807, 2.05) is 32.0 Å². The molecule has 2 heterocycles. The van der Waals surface area contributed by atoms with Crippen LogP contribution in [0.15, 0.2) is 23.0 Å². The number of fused-ring (bicyclic) bond motifs is 1. The third-order valence-electron chi connectivity index (χ3n) is 4.40. The Morgan fingerprint density at radius 3 is 2.69 bits per heavy atom. The number of aromatic nitrogens is 2. The van der Waals surface area contributed by atoms with Gasteiger partial charge in [-0.05, 0) is 50.5 Å². The van der Waals surface area contributed by atoms with Crippen molar-refractivity contribution >= 4 is 39.1 Å². The number of hydrogen-bond acceptors (Lipinski definition) is 4. The largest absolute Gasteiger partial charge is 0.481 e. The summed E-state index contributed by atoms with van der Waals surface area (Å²) in [5.41, 5.74) is 2.65. The Morgan fingerprint density at radius 2 is 2.04 bits per heavy atom. The highest BCUT2D eigenvalue weighted by Crippen LogP contribution is 2.37. The van der Waals surface area contributed by atoms with Crippen molar-refractivity contribution in [3.63, 3.8) is 0 Å². The van der Waals surface area contributed by atoms with Crippen LogP contribution in [0.2, 0.25) is 5.02 Å². The molecule has 0 fully saturated rings. The van der Waals surface area contributed by atoms with Crippen molar-refractivity contribution < 1.29 is 9.90 Å². The van der Waals surface area contributed by atoms with Crippen molar-refractivity contribution in [3.05, 3.63) is 49.8 Å². The van der Waals surface area contributed by atoms with Gasteiger partial charge in [0.15, 0.2) is 0 Å². The average Bonchev–Trinajstić information content (AvgIpc) is 2.89. The van der Waals surface area contributed by atoms with E-state index >= 15 is 0 Å². The monoisotopic (exact) mass is 390 g/mol. The first-order chi connectivity index (χ1) is 12.3. The smallest absolute Gasteiger partial charge is 0.303 e. The predicted octanol–water partition coefficient (Wildman–Crippen LogP) is 4.57. The molecule has 0 bridgehead atoms. The van der Waals surface area contributed by atoms with Gasteiger partial charge in [0.2, 0.25) is 0 Å². The van der Waals surface area contributed by atoms with Crippen molar-refractivity contribution in [3.8, 4) is 11.1 Å². The zero-order chi connectivity index (χ0) is 19.0. The molecule has 26 heavy (non-hydrogen) atoms. The van der Waals surface area contributed by atoms with E-state index in [1.165, 1.54) is 11.3 Å². The minimum absolute atomic E-state index is 0.0236. The van der Waals surface area contributed by atoms with E-state index in [0.29, 0.717) is 34.0 Å². The predicted molar refractivity (Wildman–Crippen MR) is 105 cm³/mol. The zero-order valence-corrected chi connectivity index (χ0v) is 16.4. The van der Waals surface area contributed by atoms with E-state index in [0.717, 1.165) is 21.6 Å². The molecule has 3 aromatic rings. The molecule has 1 N–H and O–H groups in total. The Kier molecular flexibility index (Phi) is 5.16. The lowest BCUT2D eigenvalue weighted by Gasteiger charge is -2.10. The van der Waals surface area contributed by atoms with Crippen LogP contribution in [0.4, 0.5) is 0 Å². The molecule has 0 aliphatic rings. The van der Waals surface area contributed by atoms with Gasteiger partial charge in [0, 0.05) is 28.4 Å². The number of aliphatic carboxylic acids is 1. The Bertz CT molecular complexity index is 1070. The summed E-state index contributed by atoms with van der Waals surface area (Å²) < 4.78 is 1.57. The van der Waals surface area contributed by atoms with Gasteiger partial charge in [-0.15, -0.1) is 11.3 Å². The number of hydrogen-bond donors (Lipinski definition) is 1. The number of carbonyl (C=O) groups is 1. The summed E-state index contributed by atoms with van der Waals surface area (Å²) in [7, 11) is 0. The summed E-state index contributed by atoms with van der Waals surface area (Å²) >= 11 is 7.63. The summed E-state index contributed by atoms with van der Waals surface area (Å²) in [6.07, 6.45) is 0.414. The molecule has 3 rings (SSSR count). The molecule has 0 radical (unpaired) electrons. The average molecular weight is 391 g/mol. The fraction of sp³-hybridized carbons (Fsp3) is 0.316. The fourth-order valence-electron chi connectivity index (χ4n) is 3.10. The first kappa shape index (κ1) is 18.6. The second-order valence-corrected chi connectivity index (χ2v) is 7.90. The molecule has 2 aromatic heterocycles. The van der Waals surface area contributed by atoms with E-state index in [-0.39, 0.29) is 12.0 Å². The molecule has 0 aliphatic carbocycles. The maximum atomic E-state index is 13.1. The van der Waals surface area contributed by atoms with Crippen LogP contribution in [-0.2, 0) is 11.3 Å². The second kappa shape index (κ2) is 7.21. The Morgan fingerprint density at radius 1 is 1.31 bits per heavy atom. The highest BCUT2D eigenvalue weighted by molar-refractivity contribution is 7.19. The van der Waals surface area contributed by atoms with Crippen molar-refractivity contribution in [2.24, 2.45) is 0 Å². The van der Waals surface area contributed by atoms with Gasteiger partial charge >= 0.3 is 5.97 Å². The number of carboxylic acids is 1. The highest BCUT2D eigenvalue weighted by Gasteiger charge is 2.19. The lowest BCUT2D eigenvalue weighted by Crippen LogP contribution is -2.24. The van der Waals surface area contributed by atoms with Gasteiger partial charge in [-0.2, -0.15) is 0 Å². The van der Waals surface area contributed by atoms with Crippen LogP contribution in [0.25, 0.3) is 21.3 Å². The van der Waals surface area contributed by atoms with Crippen LogP contribution < -0.4 is 5.56 Å². The Balaban J connectivity index is 2.18.